The highest BCUT2D eigenvalue weighted by atomic mass is 16.5. The van der Waals surface area contributed by atoms with Crippen LogP contribution in [0.15, 0.2) is 72.3 Å². The molecule has 0 radical (unpaired) electrons. The van der Waals surface area contributed by atoms with Gasteiger partial charge in [0.1, 0.15) is 18.1 Å². The molecule has 1 aliphatic rings. The lowest BCUT2D eigenvalue weighted by Crippen LogP contribution is -2.32. The normalized spacial score (nSPS) is 16.6. The van der Waals surface area contributed by atoms with Gasteiger partial charge in [-0.2, -0.15) is 0 Å². The number of aryl methyl sites for hydroxylation is 1. The smallest absolute Gasteiger partial charge is 0.295 e. The molecule has 1 atom stereocenters. The van der Waals surface area contributed by atoms with Gasteiger partial charge in [0, 0.05) is 12.1 Å². The molecule has 2 N–H and O–H groups in total. The van der Waals surface area contributed by atoms with Crippen molar-refractivity contribution < 1.29 is 29.3 Å². The number of hydrogen-bond acceptors (Lipinski definition) is 7. The van der Waals surface area contributed by atoms with Crippen LogP contribution >= 0.6 is 0 Å². The lowest BCUT2D eigenvalue weighted by atomic mass is 9.93. The summed E-state index contributed by atoms with van der Waals surface area (Å²) >= 11 is 0. The fourth-order valence-electron chi connectivity index (χ4n) is 4.76. The Morgan fingerprint density at radius 3 is 2.44 bits per heavy atom. The summed E-state index contributed by atoms with van der Waals surface area (Å²) in [5.74, 6) is -0.911. The maximum atomic E-state index is 13.3. The number of benzene rings is 3. The molecule has 204 valence electrons. The first-order valence-corrected chi connectivity index (χ1v) is 12.8. The molecule has 0 spiro atoms. The summed E-state index contributed by atoms with van der Waals surface area (Å²) in [6.45, 7) is 3.25. The summed E-state index contributed by atoms with van der Waals surface area (Å²) in [5.41, 5.74) is 2.71. The van der Waals surface area contributed by atoms with Crippen LogP contribution in [0.5, 0.6) is 17.2 Å². The van der Waals surface area contributed by atoms with Crippen LogP contribution in [0.2, 0.25) is 0 Å². The lowest BCUT2D eigenvalue weighted by Gasteiger charge is -2.26. The monoisotopic (exact) mass is 530 g/mol. The van der Waals surface area contributed by atoms with Crippen molar-refractivity contribution in [3.05, 3.63) is 94.6 Å². The number of methoxy groups -OCH3 is 1. The van der Waals surface area contributed by atoms with Gasteiger partial charge >= 0.3 is 0 Å². The van der Waals surface area contributed by atoms with E-state index in [1.54, 1.807) is 30.3 Å². The molecule has 1 saturated heterocycles. The number of ether oxygens (including phenoxy) is 2. The molecule has 0 aliphatic carbocycles. The summed E-state index contributed by atoms with van der Waals surface area (Å²) in [7, 11) is 5.30. The first kappa shape index (κ1) is 27.7. The molecule has 0 bridgehead atoms. The number of aromatic hydroxyl groups is 1. The molecule has 0 aromatic heterocycles. The zero-order chi connectivity index (χ0) is 28.1. The number of phenols is 1. The molecular formula is C31H34N2O6. The van der Waals surface area contributed by atoms with Crippen LogP contribution < -0.4 is 9.47 Å². The highest BCUT2D eigenvalue weighted by Gasteiger charge is 2.46. The number of rotatable bonds is 10. The minimum absolute atomic E-state index is 0.00125. The Labute approximate surface area is 228 Å². The van der Waals surface area contributed by atoms with Crippen LogP contribution in [0.3, 0.4) is 0 Å². The Kier molecular flexibility index (Phi) is 8.56. The van der Waals surface area contributed by atoms with E-state index in [4.69, 9.17) is 9.47 Å². The first-order valence-electron chi connectivity index (χ1n) is 12.8. The number of likely N-dealkylation sites (tertiary alicyclic amines) is 1. The van der Waals surface area contributed by atoms with Crippen LogP contribution in [-0.4, -0.2) is 66.0 Å². The third-order valence-corrected chi connectivity index (χ3v) is 6.77. The number of Topliss-reactive ketones (excluding diaryl/α,β-unsaturated/α-hetero) is 1. The van der Waals surface area contributed by atoms with Crippen molar-refractivity contribution in [3.8, 4) is 17.2 Å². The van der Waals surface area contributed by atoms with Crippen molar-refractivity contribution in [2.75, 3.05) is 34.3 Å². The third-order valence-electron chi connectivity index (χ3n) is 6.77. The molecule has 1 aliphatic heterocycles. The topological polar surface area (TPSA) is 99.5 Å². The molecule has 0 unspecified atom stereocenters. The van der Waals surface area contributed by atoms with E-state index in [0.29, 0.717) is 42.0 Å². The second-order valence-corrected chi connectivity index (χ2v) is 9.83. The number of nitrogens with zero attached hydrogens (tertiary/aromatic N) is 2. The lowest BCUT2D eigenvalue weighted by molar-refractivity contribution is -0.139. The second kappa shape index (κ2) is 12.0. The molecule has 1 amide bonds. The van der Waals surface area contributed by atoms with Crippen molar-refractivity contribution in [2.45, 2.75) is 26.0 Å². The fraction of sp³-hybridized carbons (Fsp3) is 0.290. The Hall–Kier alpha value is -4.30. The van der Waals surface area contributed by atoms with Crippen molar-refractivity contribution in [1.29, 1.82) is 0 Å². The second-order valence-electron chi connectivity index (χ2n) is 9.83. The Morgan fingerprint density at radius 1 is 1.03 bits per heavy atom. The van der Waals surface area contributed by atoms with Gasteiger partial charge in [0.25, 0.3) is 11.7 Å². The summed E-state index contributed by atoms with van der Waals surface area (Å²) in [4.78, 5) is 30.0. The van der Waals surface area contributed by atoms with E-state index < -0.39 is 17.7 Å². The van der Waals surface area contributed by atoms with Crippen molar-refractivity contribution in [2.24, 2.45) is 0 Å². The molecule has 0 saturated carbocycles. The van der Waals surface area contributed by atoms with E-state index in [1.165, 1.54) is 18.1 Å². The fourth-order valence-corrected chi connectivity index (χ4v) is 4.76. The van der Waals surface area contributed by atoms with Crippen molar-refractivity contribution in [1.82, 2.24) is 9.80 Å². The van der Waals surface area contributed by atoms with Gasteiger partial charge in [-0.15, -0.1) is 0 Å². The number of aliphatic hydroxyl groups excluding tert-OH is 1. The van der Waals surface area contributed by atoms with Gasteiger partial charge < -0.3 is 29.5 Å². The zero-order valence-corrected chi connectivity index (χ0v) is 22.7. The third kappa shape index (κ3) is 6.07. The Bertz CT molecular complexity index is 1380. The predicted molar refractivity (Wildman–Crippen MR) is 149 cm³/mol. The number of phenolic OH excluding ortho intramolecular Hbond substituents is 1. The number of amides is 1. The van der Waals surface area contributed by atoms with Gasteiger partial charge in [-0.3, -0.25) is 9.59 Å². The van der Waals surface area contributed by atoms with Gasteiger partial charge in [0.05, 0.1) is 18.7 Å². The van der Waals surface area contributed by atoms with E-state index in [1.807, 2.05) is 56.3 Å². The average molecular weight is 531 g/mol. The van der Waals surface area contributed by atoms with Crippen molar-refractivity contribution >= 4 is 17.4 Å². The molecule has 4 rings (SSSR count). The largest absolute Gasteiger partial charge is 0.507 e. The highest BCUT2D eigenvalue weighted by molar-refractivity contribution is 6.46. The maximum Gasteiger partial charge on any atom is 0.295 e. The van der Waals surface area contributed by atoms with E-state index in [0.717, 1.165) is 12.1 Å². The van der Waals surface area contributed by atoms with Gasteiger partial charge in [-0.25, -0.2) is 0 Å². The highest BCUT2D eigenvalue weighted by Crippen LogP contribution is 2.42. The maximum absolute atomic E-state index is 13.3. The molecule has 1 fully saturated rings. The number of carbonyl (C=O) groups is 2. The van der Waals surface area contributed by atoms with Crippen LogP contribution in [0.1, 0.15) is 34.7 Å². The number of ketones is 1. The Balaban J connectivity index is 1.72. The summed E-state index contributed by atoms with van der Waals surface area (Å²) in [5, 5.41) is 21.6. The Morgan fingerprint density at radius 2 is 1.77 bits per heavy atom. The molecule has 8 nitrogen and oxygen atoms in total. The SMILES string of the molecule is COc1cc([C@@H]2/C(=C(\O)c3ccc(OCc4ccccc4)cc3C)C(=O)C(=O)N2CCCN(C)C)ccc1O. The zero-order valence-electron chi connectivity index (χ0n) is 22.7. The van der Waals surface area contributed by atoms with Gasteiger partial charge in [0.15, 0.2) is 11.5 Å². The summed E-state index contributed by atoms with van der Waals surface area (Å²) < 4.78 is 11.2. The molecular weight excluding hydrogens is 496 g/mol. The van der Waals surface area contributed by atoms with Crippen LogP contribution in [0.4, 0.5) is 0 Å². The van der Waals surface area contributed by atoms with E-state index in [-0.39, 0.29) is 22.8 Å². The minimum Gasteiger partial charge on any atom is -0.507 e. The number of hydrogen-bond donors (Lipinski definition) is 2. The van der Waals surface area contributed by atoms with Crippen LogP contribution in [0.25, 0.3) is 5.76 Å². The van der Waals surface area contributed by atoms with E-state index in [2.05, 4.69) is 0 Å². The van der Waals surface area contributed by atoms with Crippen molar-refractivity contribution in [3.63, 3.8) is 0 Å². The van der Waals surface area contributed by atoms with Gasteiger partial charge in [-0.05, 0) is 81.0 Å². The van der Waals surface area contributed by atoms with Gasteiger partial charge in [0.2, 0.25) is 0 Å². The number of aliphatic hydroxyl groups is 1. The molecule has 8 heteroatoms. The molecule has 39 heavy (non-hydrogen) atoms. The molecule has 3 aromatic carbocycles. The quantitative estimate of drug-likeness (QED) is 0.223. The van der Waals surface area contributed by atoms with E-state index in [9.17, 15) is 19.8 Å². The molecule has 1 heterocycles. The van der Waals surface area contributed by atoms with Crippen LogP contribution in [-0.2, 0) is 16.2 Å². The average Bonchev–Trinajstić information content (AvgIpc) is 3.17. The molecule has 3 aromatic rings. The minimum atomic E-state index is -0.838. The predicted octanol–water partition coefficient (Wildman–Crippen LogP) is 4.66. The summed E-state index contributed by atoms with van der Waals surface area (Å²) in [6.07, 6.45) is 0.637. The number of carbonyl (C=O) groups excluding carboxylic acids is 2. The first-order chi connectivity index (χ1) is 18.7. The standard InChI is InChI=1S/C31H34N2O6/c1-20-17-23(39-19-21-9-6-5-7-10-21)12-13-24(20)29(35)27-28(22-11-14-25(34)26(18-22)38-4)33(31(37)30(27)36)16-8-15-32(2)3/h5-7,9-14,17-18,28,34-35H,8,15-16,19H2,1-4H3/b29-27+/t28-/m1/s1. The van der Waals surface area contributed by atoms with Crippen LogP contribution in [0, 0.1) is 6.92 Å². The summed E-state index contributed by atoms with van der Waals surface area (Å²) in [6, 6.07) is 18.8. The van der Waals surface area contributed by atoms with E-state index >= 15 is 0 Å². The van der Waals surface area contributed by atoms with Gasteiger partial charge in [-0.1, -0.05) is 36.4 Å².